The second-order valence-corrected chi connectivity index (χ2v) is 5.33. The largest absolute Gasteiger partial charge is 0.508 e. The maximum absolute atomic E-state index is 12.5. The molecule has 6 heteroatoms. The highest BCUT2D eigenvalue weighted by atomic mass is 16.3. The molecule has 2 heterocycles. The molecular formula is C16H18N4O2. The topological polar surface area (TPSA) is 69.6 Å². The van der Waals surface area contributed by atoms with Gasteiger partial charge in [0.05, 0.1) is 0 Å². The summed E-state index contributed by atoms with van der Waals surface area (Å²) in [5.74, 6) is 0.800. The summed E-state index contributed by atoms with van der Waals surface area (Å²) in [5, 5.41) is 9.74. The van der Waals surface area contributed by atoms with Crippen LogP contribution in [0.4, 0.5) is 5.95 Å². The lowest BCUT2D eigenvalue weighted by molar-refractivity contribution is 0.0746. The number of phenols is 1. The number of piperazine rings is 1. The molecule has 1 amide bonds. The molecule has 1 N–H and O–H groups in total. The highest BCUT2D eigenvalue weighted by Gasteiger charge is 2.23. The molecule has 1 aliphatic rings. The fraction of sp³-hybridized carbons (Fsp3) is 0.312. The van der Waals surface area contributed by atoms with Crippen LogP contribution in [-0.4, -0.2) is 52.1 Å². The highest BCUT2D eigenvalue weighted by Crippen LogP contribution is 2.19. The maximum atomic E-state index is 12.5. The van der Waals surface area contributed by atoms with Gasteiger partial charge in [0.15, 0.2) is 0 Å². The Bertz CT molecular complexity index is 667. The highest BCUT2D eigenvalue weighted by molar-refractivity contribution is 5.94. The van der Waals surface area contributed by atoms with Crippen molar-refractivity contribution in [3.05, 3.63) is 47.8 Å². The predicted molar refractivity (Wildman–Crippen MR) is 83.0 cm³/mol. The van der Waals surface area contributed by atoms with Crippen molar-refractivity contribution in [1.82, 2.24) is 14.9 Å². The Morgan fingerprint density at radius 3 is 2.45 bits per heavy atom. The first-order valence-electron chi connectivity index (χ1n) is 7.26. The number of anilines is 1. The Hall–Kier alpha value is -2.63. The summed E-state index contributed by atoms with van der Waals surface area (Å²) >= 11 is 0. The van der Waals surface area contributed by atoms with Gasteiger partial charge in [-0.15, -0.1) is 0 Å². The van der Waals surface area contributed by atoms with E-state index in [9.17, 15) is 9.90 Å². The number of aromatic nitrogens is 2. The van der Waals surface area contributed by atoms with Gasteiger partial charge in [-0.1, -0.05) is 6.07 Å². The molecule has 1 aromatic carbocycles. The zero-order valence-electron chi connectivity index (χ0n) is 12.4. The van der Waals surface area contributed by atoms with Crippen molar-refractivity contribution in [2.75, 3.05) is 31.1 Å². The van der Waals surface area contributed by atoms with Gasteiger partial charge in [0, 0.05) is 44.1 Å². The fourth-order valence-corrected chi connectivity index (χ4v) is 2.49. The van der Waals surface area contributed by atoms with Crippen LogP contribution in [-0.2, 0) is 0 Å². The number of hydrogen-bond donors (Lipinski definition) is 1. The van der Waals surface area contributed by atoms with Crippen LogP contribution in [0.1, 0.15) is 15.9 Å². The first-order valence-corrected chi connectivity index (χ1v) is 7.26. The van der Waals surface area contributed by atoms with Crippen LogP contribution in [0.5, 0.6) is 5.75 Å². The minimum absolute atomic E-state index is 0.0519. The number of carbonyl (C=O) groups is 1. The Labute approximate surface area is 129 Å². The Kier molecular flexibility index (Phi) is 3.91. The molecule has 0 unspecified atom stereocenters. The lowest BCUT2D eigenvalue weighted by Gasteiger charge is -2.34. The average Bonchev–Trinajstić information content (AvgIpc) is 2.58. The third-order valence-corrected chi connectivity index (χ3v) is 3.86. The number of nitrogens with zero attached hydrogens (tertiary/aromatic N) is 4. The van der Waals surface area contributed by atoms with Crippen LogP contribution < -0.4 is 4.90 Å². The fourth-order valence-electron chi connectivity index (χ4n) is 2.49. The number of aromatic hydroxyl groups is 1. The molecular weight excluding hydrogens is 280 g/mol. The second-order valence-electron chi connectivity index (χ2n) is 5.33. The van der Waals surface area contributed by atoms with Gasteiger partial charge in [0.1, 0.15) is 5.75 Å². The number of aryl methyl sites for hydroxylation is 1. The number of carbonyl (C=O) groups excluding carboxylic acids is 1. The van der Waals surface area contributed by atoms with Gasteiger partial charge in [-0.25, -0.2) is 9.97 Å². The standard InChI is InChI=1S/C16H18N4O2/c1-12-3-4-13(11-14(12)21)15(22)19-7-9-20(10-8-19)16-17-5-2-6-18-16/h2-6,11,21H,7-10H2,1H3. The van der Waals surface area contributed by atoms with E-state index in [1.165, 1.54) is 6.07 Å². The van der Waals surface area contributed by atoms with E-state index in [0.29, 0.717) is 37.7 Å². The van der Waals surface area contributed by atoms with E-state index >= 15 is 0 Å². The third kappa shape index (κ3) is 2.86. The second kappa shape index (κ2) is 6.01. The third-order valence-electron chi connectivity index (χ3n) is 3.86. The van der Waals surface area contributed by atoms with Crippen LogP contribution in [0, 0.1) is 6.92 Å². The van der Waals surface area contributed by atoms with Crippen LogP contribution >= 0.6 is 0 Å². The summed E-state index contributed by atoms with van der Waals surface area (Å²) in [6.07, 6.45) is 3.43. The number of rotatable bonds is 2. The maximum Gasteiger partial charge on any atom is 0.254 e. The molecule has 1 aromatic heterocycles. The van der Waals surface area contributed by atoms with Crippen molar-refractivity contribution in [2.45, 2.75) is 6.92 Å². The molecule has 0 bridgehead atoms. The Morgan fingerprint density at radius 2 is 1.82 bits per heavy atom. The Balaban J connectivity index is 1.66. The quantitative estimate of drug-likeness (QED) is 0.909. The summed E-state index contributed by atoms with van der Waals surface area (Å²) in [4.78, 5) is 24.8. The van der Waals surface area contributed by atoms with Crippen LogP contribution in [0.25, 0.3) is 0 Å². The van der Waals surface area contributed by atoms with Gasteiger partial charge in [0.25, 0.3) is 5.91 Å². The SMILES string of the molecule is Cc1ccc(C(=O)N2CCN(c3ncccn3)CC2)cc1O. The van der Waals surface area contributed by atoms with Gasteiger partial charge >= 0.3 is 0 Å². The molecule has 6 nitrogen and oxygen atoms in total. The van der Waals surface area contributed by atoms with E-state index in [-0.39, 0.29) is 11.7 Å². The van der Waals surface area contributed by atoms with Crippen LogP contribution in [0.2, 0.25) is 0 Å². The minimum atomic E-state index is -0.0519. The normalized spacial score (nSPS) is 15.0. The van der Waals surface area contributed by atoms with Crippen LogP contribution in [0.15, 0.2) is 36.7 Å². The van der Waals surface area contributed by atoms with E-state index in [1.54, 1.807) is 35.5 Å². The molecule has 3 rings (SSSR count). The van der Waals surface area contributed by atoms with Gasteiger partial charge in [-0.2, -0.15) is 0 Å². The van der Waals surface area contributed by atoms with E-state index in [2.05, 4.69) is 14.9 Å². The van der Waals surface area contributed by atoms with E-state index in [4.69, 9.17) is 0 Å². The summed E-state index contributed by atoms with van der Waals surface area (Å²) in [7, 11) is 0. The Morgan fingerprint density at radius 1 is 1.14 bits per heavy atom. The summed E-state index contributed by atoms with van der Waals surface area (Å²) in [6.45, 7) is 4.45. The number of phenolic OH excluding ortho intramolecular Hbond substituents is 1. The molecule has 0 atom stereocenters. The molecule has 1 saturated heterocycles. The zero-order valence-corrected chi connectivity index (χ0v) is 12.4. The lowest BCUT2D eigenvalue weighted by atomic mass is 10.1. The summed E-state index contributed by atoms with van der Waals surface area (Å²) in [6, 6.07) is 6.83. The number of hydrogen-bond acceptors (Lipinski definition) is 5. The van der Waals surface area contributed by atoms with Gasteiger partial charge < -0.3 is 14.9 Å². The van der Waals surface area contributed by atoms with Crippen molar-refractivity contribution >= 4 is 11.9 Å². The smallest absolute Gasteiger partial charge is 0.254 e. The summed E-state index contributed by atoms with van der Waals surface area (Å²) < 4.78 is 0. The van der Waals surface area contributed by atoms with Crippen molar-refractivity contribution < 1.29 is 9.90 Å². The van der Waals surface area contributed by atoms with Gasteiger partial charge in [-0.3, -0.25) is 4.79 Å². The van der Waals surface area contributed by atoms with Gasteiger partial charge in [0.2, 0.25) is 5.95 Å². The molecule has 0 aliphatic carbocycles. The monoisotopic (exact) mass is 298 g/mol. The predicted octanol–water partition coefficient (Wildman–Crippen LogP) is 1.45. The first kappa shape index (κ1) is 14.3. The van der Waals surface area contributed by atoms with E-state index in [0.717, 1.165) is 5.56 Å². The van der Waals surface area contributed by atoms with Crippen molar-refractivity contribution in [1.29, 1.82) is 0 Å². The molecule has 0 saturated carbocycles. The molecule has 22 heavy (non-hydrogen) atoms. The van der Waals surface area contributed by atoms with E-state index < -0.39 is 0 Å². The van der Waals surface area contributed by atoms with Crippen molar-refractivity contribution in [3.63, 3.8) is 0 Å². The summed E-state index contributed by atoms with van der Waals surface area (Å²) in [5.41, 5.74) is 1.29. The van der Waals surface area contributed by atoms with E-state index in [1.807, 2.05) is 6.92 Å². The molecule has 1 fully saturated rings. The molecule has 0 spiro atoms. The van der Waals surface area contributed by atoms with Crippen molar-refractivity contribution in [3.8, 4) is 5.75 Å². The molecule has 2 aromatic rings. The minimum Gasteiger partial charge on any atom is -0.508 e. The van der Waals surface area contributed by atoms with Crippen LogP contribution in [0.3, 0.4) is 0 Å². The van der Waals surface area contributed by atoms with Gasteiger partial charge in [-0.05, 0) is 30.7 Å². The first-order chi connectivity index (χ1) is 10.6. The average molecular weight is 298 g/mol. The lowest BCUT2D eigenvalue weighted by Crippen LogP contribution is -2.49. The molecule has 1 aliphatic heterocycles. The number of benzene rings is 1. The molecule has 114 valence electrons. The zero-order chi connectivity index (χ0) is 15.5. The molecule has 0 radical (unpaired) electrons. The number of amides is 1. The van der Waals surface area contributed by atoms with Crippen molar-refractivity contribution in [2.24, 2.45) is 0 Å².